The van der Waals surface area contributed by atoms with E-state index in [1.807, 2.05) is 0 Å². The van der Waals surface area contributed by atoms with Gasteiger partial charge in [0.15, 0.2) is 29.6 Å². The summed E-state index contributed by atoms with van der Waals surface area (Å²) in [7, 11) is 0. The summed E-state index contributed by atoms with van der Waals surface area (Å²) in [6.45, 7) is 3.17. The predicted octanol–water partition coefficient (Wildman–Crippen LogP) is 4.24. The van der Waals surface area contributed by atoms with Crippen molar-refractivity contribution in [2.75, 3.05) is 6.61 Å². The minimum atomic E-state index is -1.55. The van der Waals surface area contributed by atoms with Crippen molar-refractivity contribution in [1.82, 2.24) is 5.16 Å². The summed E-state index contributed by atoms with van der Waals surface area (Å²) in [4.78, 5) is 11.5. The fourth-order valence-corrected chi connectivity index (χ4v) is 2.35. The minimum Gasteiger partial charge on any atom is -0.482 e. The first-order valence-corrected chi connectivity index (χ1v) is 7.71. The smallest absolute Gasteiger partial charge is 0.344 e. The lowest BCUT2D eigenvalue weighted by molar-refractivity contribution is -0.149. The fraction of sp³-hybridized carbons (Fsp3) is 0.222. The summed E-state index contributed by atoms with van der Waals surface area (Å²) in [6.07, 6.45) is -0.248. The number of ether oxygens (including phenoxy) is 2. The number of rotatable bonds is 5. The van der Waals surface area contributed by atoms with Gasteiger partial charge < -0.3 is 14.0 Å². The Kier molecular flexibility index (Phi) is 4.83. The molecule has 0 amide bonds. The highest BCUT2D eigenvalue weighted by Gasteiger charge is 2.17. The molecule has 0 aliphatic rings. The number of hydrogen-bond donors (Lipinski definition) is 0. The van der Waals surface area contributed by atoms with Crippen LogP contribution in [0, 0.1) is 17.5 Å². The van der Waals surface area contributed by atoms with Gasteiger partial charge in [-0.05, 0) is 38.1 Å². The lowest BCUT2D eigenvalue weighted by atomic mass is 10.1. The number of aromatic nitrogens is 1. The highest BCUT2D eigenvalue weighted by atomic mass is 19.2. The van der Waals surface area contributed by atoms with Gasteiger partial charge in [0.2, 0.25) is 0 Å². The number of carbonyl (C=O) groups excluding carboxylic acids is 1. The summed E-state index contributed by atoms with van der Waals surface area (Å²) in [5.74, 6) is -4.38. The van der Waals surface area contributed by atoms with Crippen molar-refractivity contribution < 1.29 is 32.0 Å². The molecule has 136 valence electrons. The molecule has 0 unspecified atom stereocenters. The monoisotopic (exact) mass is 365 g/mol. The summed E-state index contributed by atoms with van der Waals surface area (Å²) >= 11 is 0. The lowest BCUT2D eigenvalue weighted by Gasteiger charge is -2.09. The molecular weight excluding hydrogens is 351 g/mol. The van der Waals surface area contributed by atoms with Gasteiger partial charge in [0.05, 0.1) is 6.10 Å². The SMILES string of the molecule is CC(C)OC(=O)COc1ccc2c(-c3cc(F)c(F)c(F)c3)noc2c1. The van der Waals surface area contributed by atoms with Gasteiger partial charge in [-0.1, -0.05) is 5.16 Å². The van der Waals surface area contributed by atoms with Gasteiger partial charge in [-0.3, -0.25) is 0 Å². The maximum atomic E-state index is 13.4. The van der Waals surface area contributed by atoms with Crippen LogP contribution in [0.2, 0.25) is 0 Å². The van der Waals surface area contributed by atoms with Gasteiger partial charge in [0, 0.05) is 17.0 Å². The van der Waals surface area contributed by atoms with E-state index in [1.165, 1.54) is 6.07 Å². The zero-order valence-electron chi connectivity index (χ0n) is 13.9. The molecule has 0 atom stereocenters. The van der Waals surface area contributed by atoms with Crippen molar-refractivity contribution in [3.8, 4) is 17.0 Å². The van der Waals surface area contributed by atoms with E-state index in [4.69, 9.17) is 14.0 Å². The van der Waals surface area contributed by atoms with Crippen LogP contribution in [0.1, 0.15) is 13.8 Å². The molecule has 3 rings (SSSR count). The van der Waals surface area contributed by atoms with E-state index in [-0.39, 0.29) is 29.6 Å². The van der Waals surface area contributed by atoms with Gasteiger partial charge in [0.25, 0.3) is 0 Å². The average Bonchev–Trinajstić information content (AvgIpc) is 3.00. The largest absolute Gasteiger partial charge is 0.482 e. The highest BCUT2D eigenvalue weighted by Crippen LogP contribution is 2.31. The number of halogens is 3. The summed E-state index contributed by atoms with van der Waals surface area (Å²) < 4.78 is 55.4. The Morgan fingerprint density at radius 1 is 1.15 bits per heavy atom. The van der Waals surface area contributed by atoms with E-state index < -0.39 is 23.4 Å². The van der Waals surface area contributed by atoms with E-state index >= 15 is 0 Å². The van der Waals surface area contributed by atoms with Crippen molar-refractivity contribution in [1.29, 1.82) is 0 Å². The third-order valence-electron chi connectivity index (χ3n) is 3.42. The van der Waals surface area contributed by atoms with Gasteiger partial charge in [0.1, 0.15) is 11.4 Å². The molecular formula is C18H14F3NO4. The van der Waals surface area contributed by atoms with Gasteiger partial charge in [-0.2, -0.15) is 0 Å². The maximum absolute atomic E-state index is 13.4. The molecule has 0 aliphatic carbocycles. The van der Waals surface area contributed by atoms with E-state index in [0.29, 0.717) is 11.1 Å². The Labute approximate surface area is 146 Å². The van der Waals surface area contributed by atoms with Crippen molar-refractivity contribution in [3.05, 3.63) is 47.8 Å². The molecule has 0 aliphatic heterocycles. The van der Waals surface area contributed by atoms with Crippen LogP contribution < -0.4 is 4.74 Å². The van der Waals surface area contributed by atoms with Crippen LogP contribution in [0.15, 0.2) is 34.9 Å². The van der Waals surface area contributed by atoms with E-state index in [9.17, 15) is 18.0 Å². The first-order chi connectivity index (χ1) is 12.3. The third kappa shape index (κ3) is 3.63. The molecule has 0 saturated heterocycles. The van der Waals surface area contributed by atoms with Crippen LogP contribution in [0.5, 0.6) is 5.75 Å². The second kappa shape index (κ2) is 7.07. The quantitative estimate of drug-likeness (QED) is 0.500. The second-order valence-electron chi connectivity index (χ2n) is 5.77. The van der Waals surface area contributed by atoms with Crippen molar-refractivity contribution in [3.63, 3.8) is 0 Å². The molecule has 0 bridgehead atoms. The number of esters is 1. The van der Waals surface area contributed by atoms with Gasteiger partial charge in [-0.25, -0.2) is 18.0 Å². The normalized spacial score (nSPS) is 11.2. The lowest BCUT2D eigenvalue weighted by Crippen LogP contribution is -2.18. The topological polar surface area (TPSA) is 61.6 Å². The predicted molar refractivity (Wildman–Crippen MR) is 86.0 cm³/mol. The summed E-state index contributed by atoms with van der Waals surface area (Å²) in [6, 6.07) is 6.25. The van der Waals surface area contributed by atoms with Crippen LogP contribution in [0.25, 0.3) is 22.2 Å². The van der Waals surface area contributed by atoms with E-state index in [1.54, 1.807) is 26.0 Å². The number of carbonyl (C=O) groups is 1. The van der Waals surface area contributed by atoms with Crippen molar-refractivity contribution >= 4 is 16.9 Å². The number of fused-ring (bicyclic) bond motifs is 1. The molecule has 3 aromatic rings. The molecule has 1 heterocycles. The molecule has 0 radical (unpaired) electrons. The third-order valence-corrected chi connectivity index (χ3v) is 3.42. The van der Waals surface area contributed by atoms with E-state index in [2.05, 4.69) is 5.16 Å². The fourth-order valence-electron chi connectivity index (χ4n) is 2.35. The van der Waals surface area contributed by atoms with Gasteiger partial charge in [-0.15, -0.1) is 0 Å². The molecule has 8 heteroatoms. The van der Waals surface area contributed by atoms with Crippen LogP contribution in [0.3, 0.4) is 0 Å². The highest BCUT2D eigenvalue weighted by molar-refractivity contribution is 5.92. The van der Waals surface area contributed by atoms with Crippen molar-refractivity contribution in [2.45, 2.75) is 20.0 Å². The Bertz CT molecular complexity index is 945. The maximum Gasteiger partial charge on any atom is 0.344 e. The van der Waals surface area contributed by atoms with Crippen LogP contribution in [-0.4, -0.2) is 23.8 Å². The Morgan fingerprint density at radius 2 is 1.85 bits per heavy atom. The molecule has 26 heavy (non-hydrogen) atoms. The first-order valence-electron chi connectivity index (χ1n) is 7.71. The minimum absolute atomic E-state index is 0.0364. The van der Waals surface area contributed by atoms with Crippen LogP contribution >= 0.6 is 0 Å². The first kappa shape index (κ1) is 17.8. The molecule has 0 N–H and O–H groups in total. The Hall–Kier alpha value is -3.03. The van der Waals surface area contributed by atoms with Crippen molar-refractivity contribution in [2.24, 2.45) is 0 Å². The van der Waals surface area contributed by atoms with Gasteiger partial charge >= 0.3 is 5.97 Å². The second-order valence-corrected chi connectivity index (χ2v) is 5.77. The molecule has 0 fully saturated rings. The molecule has 0 spiro atoms. The standard InChI is InChI=1S/C18H14F3NO4/c1-9(2)25-16(23)8-24-11-3-4-12-15(7-11)26-22-18(12)10-5-13(19)17(21)14(20)6-10/h3-7,9H,8H2,1-2H3. The Balaban J connectivity index is 1.85. The molecule has 0 saturated carbocycles. The molecule has 5 nitrogen and oxygen atoms in total. The van der Waals surface area contributed by atoms with E-state index in [0.717, 1.165) is 12.1 Å². The van der Waals surface area contributed by atoms with Crippen LogP contribution in [-0.2, 0) is 9.53 Å². The zero-order chi connectivity index (χ0) is 18.8. The zero-order valence-corrected chi connectivity index (χ0v) is 13.9. The average molecular weight is 365 g/mol. The number of nitrogens with zero attached hydrogens (tertiary/aromatic N) is 1. The Morgan fingerprint density at radius 3 is 2.50 bits per heavy atom. The summed E-state index contributed by atoms with van der Waals surface area (Å²) in [5.41, 5.74) is 0.470. The molecule has 1 aromatic heterocycles. The molecule has 2 aromatic carbocycles. The number of hydrogen-bond acceptors (Lipinski definition) is 5. The summed E-state index contributed by atoms with van der Waals surface area (Å²) in [5, 5.41) is 4.23. The number of benzene rings is 2. The van der Waals surface area contributed by atoms with Crippen LogP contribution in [0.4, 0.5) is 13.2 Å².